The normalized spacial score (nSPS) is 10.8. The Labute approximate surface area is 123 Å². The molecule has 0 atom stereocenters. The first kappa shape index (κ1) is 14.6. The van der Waals surface area contributed by atoms with Gasteiger partial charge in [-0.3, -0.25) is 9.78 Å². The first-order chi connectivity index (χ1) is 9.45. The SMILES string of the molecule is Cc1nc(NC(C)C)[nH]c(=O)c1Cc1ccc(Cl)cc1. The molecule has 0 fully saturated rings. The number of hydrogen-bond acceptors (Lipinski definition) is 3. The van der Waals surface area contributed by atoms with Crippen LogP contribution < -0.4 is 10.9 Å². The Morgan fingerprint density at radius 3 is 2.50 bits per heavy atom. The topological polar surface area (TPSA) is 57.8 Å². The molecule has 0 aliphatic rings. The van der Waals surface area contributed by atoms with Gasteiger partial charge < -0.3 is 5.32 Å². The molecule has 2 N–H and O–H groups in total. The molecule has 106 valence electrons. The zero-order chi connectivity index (χ0) is 14.7. The molecular formula is C15H18ClN3O. The summed E-state index contributed by atoms with van der Waals surface area (Å²) in [6.45, 7) is 5.85. The minimum Gasteiger partial charge on any atom is -0.354 e. The number of benzene rings is 1. The van der Waals surface area contributed by atoms with Gasteiger partial charge in [0.2, 0.25) is 5.95 Å². The fourth-order valence-electron chi connectivity index (χ4n) is 1.97. The molecule has 5 heteroatoms. The smallest absolute Gasteiger partial charge is 0.256 e. The number of nitrogens with one attached hydrogen (secondary N) is 2. The Balaban J connectivity index is 2.28. The molecule has 0 bridgehead atoms. The van der Waals surface area contributed by atoms with Crippen molar-refractivity contribution in [3.05, 3.63) is 56.5 Å². The lowest BCUT2D eigenvalue weighted by molar-refractivity contribution is 0.859. The monoisotopic (exact) mass is 291 g/mol. The van der Waals surface area contributed by atoms with E-state index in [0.29, 0.717) is 23.0 Å². The number of aromatic nitrogens is 2. The summed E-state index contributed by atoms with van der Waals surface area (Å²) in [5, 5.41) is 3.79. The lowest BCUT2D eigenvalue weighted by atomic mass is 10.1. The molecule has 0 aliphatic carbocycles. The molecule has 0 spiro atoms. The third-order valence-corrected chi connectivity index (χ3v) is 3.19. The minimum atomic E-state index is -0.101. The second-order valence-electron chi connectivity index (χ2n) is 5.08. The Morgan fingerprint density at radius 2 is 1.95 bits per heavy atom. The van der Waals surface area contributed by atoms with Crippen LogP contribution in [0.25, 0.3) is 0 Å². The Morgan fingerprint density at radius 1 is 1.30 bits per heavy atom. The average Bonchev–Trinajstić information content (AvgIpc) is 2.35. The van der Waals surface area contributed by atoms with Crippen LogP contribution in [0.15, 0.2) is 29.1 Å². The number of nitrogens with zero attached hydrogens (tertiary/aromatic N) is 1. The first-order valence-electron chi connectivity index (χ1n) is 6.56. The maximum atomic E-state index is 12.2. The fraction of sp³-hybridized carbons (Fsp3) is 0.333. The van der Waals surface area contributed by atoms with Crippen molar-refractivity contribution in [2.75, 3.05) is 5.32 Å². The van der Waals surface area contributed by atoms with Gasteiger partial charge in [-0.15, -0.1) is 0 Å². The predicted octanol–water partition coefficient (Wildman–Crippen LogP) is 3.14. The van der Waals surface area contributed by atoms with Crippen LogP contribution in [0.1, 0.15) is 30.7 Å². The maximum absolute atomic E-state index is 12.2. The number of aryl methyl sites for hydroxylation is 1. The van der Waals surface area contributed by atoms with E-state index >= 15 is 0 Å². The van der Waals surface area contributed by atoms with E-state index in [1.807, 2.05) is 45.0 Å². The number of halogens is 1. The summed E-state index contributed by atoms with van der Waals surface area (Å²) < 4.78 is 0. The lowest BCUT2D eigenvalue weighted by Gasteiger charge is -2.11. The van der Waals surface area contributed by atoms with Gasteiger partial charge in [-0.2, -0.15) is 0 Å². The molecule has 0 amide bonds. The van der Waals surface area contributed by atoms with Gasteiger partial charge in [0.15, 0.2) is 0 Å². The third kappa shape index (κ3) is 3.61. The van der Waals surface area contributed by atoms with Crippen LogP contribution in [0, 0.1) is 6.92 Å². The molecule has 4 nitrogen and oxygen atoms in total. The van der Waals surface area contributed by atoms with Crippen molar-refractivity contribution < 1.29 is 0 Å². The quantitative estimate of drug-likeness (QED) is 0.910. The molecule has 1 aromatic heterocycles. The third-order valence-electron chi connectivity index (χ3n) is 2.94. The summed E-state index contributed by atoms with van der Waals surface area (Å²) >= 11 is 5.86. The molecule has 0 radical (unpaired) electrons. The predicted molar refractivity (Wildman–Crippen MR) is 82.6 cm³/mol. The van der Waals surface area contributed by atoms with E-state index in [1.54, 1.807) is 0 Å². The van der Waals surface area contributed by atoms with Crippen LogP contribution in [0.4, 0.5) is 5.95 Å². The number of H-pyrrole nitrogens is 1. The number of rotatable bonds is 4. The van der Waals surface area contributed by atoms with Crippen molar-refractivity contribution in [1.82, 2.24) is 9.97 Å². The Bertz CT molecular complexity index is 647. The highest BCUT2D eigenvalue weighted by atomic mass is 35.5. The van der Waals surface area contributed by atoms with E-state index in [0.717, 1.165) is 11.3 Å². The summed E-state index contributed by atoms with van der Waals surface area (Å²) in [7, 11) is 0. The molecule has 1 heterocycles. The minimum absolute atomic E-state index is 0.101. The summed E-state index contributed by atoms with van der Waals surface area (Å²) in [6.07, 6.45) is 0.549. The van der Waals surface area contributed by atoms with Crippen molar-refractivity contribution in [1.29, 1.82) is 0 Å². The molecule has 0 saturated carbocycles. The maximum Gasteiger partial charge on any atom is 0.256 e. The van der Waals surface area contributed by atoms with Crippen LogP contribution in [-0.2, 0) is 6.42 Å². The van der Waals surface area contributed by atoms with Crippen LogP contribution in [0.2, 0.25) is 5.02 Å². The summed E-state index contributed by atoms with van der Waals surface area (Å²) in [5.74, 6) is 0.516. The number of anilines is 1. The van der Waals surface area contributed by atoms with Crippen molar-refractivity contribution in [2.45, 2.75) is 33.2 Å². The van der Waals surface area contributed by atoms with Crippen molar-refractivity contribution in [2.24, 2.45) is 0 Å². The zero-order valence-corrected chi connectivity index (χ0v) is 12.6. The average molecular weight is 292 g/mol. The molecule has 0 unspecified atom stereocenters. The summed E-state index contributed by atoms with van der Waals surface area (Å²) in [5.41, 5.74) is 2.36. The van der Waals surface area contributed by atoms with E-state index < -0.39 is 0 Å². The van der Waals surface area contributed by atoms with Crippen molar-refractivity contribution in [3.63, 3.8) is 0 Å². The number of aromatic amines is 1. The Hall–Kier alpha value is -1.81. The fourth-order valence-corrected chi connectivity index (χ4v) is 2.09. The largest absolute Gasteiger partial charge is 0.354 e. The van der Waals surface area contributed by atoms with Gasteiger partial charge in [0.05, 0.1) is 5.69 Å². The molecule has 2 rings (SSSR count). The lowest BCUT2D eigenvalue weighted by Crippen LogP contribution is -2.22. The van der Waals surface area contributed by atoms with Gasteiger partial charge in [0, 0.05) is 23.0 Å². The highest BCUT2D eigenvalue weighted by molar-refractivity contribution is 6.30. The van der Waals surface area contributed by atoms with Gasteiger partial charge in [-0.1, -0.05) is 23.7 Å². The molecule has 0 aliphatic heterocycles. The van der Waals surface area contributed by atoms with Crippen LogP contribution >= 0.6 is 11.6 Å². The van der Waals surface area contributed by atoms with Crippen LogP contribution in [0.5, 0.6) is 0 Å². The first-order valence-corrected chi connectivity index (χ1v) is 6.94. The van der Waals surface area contributed by atoms with Crippen molar-refractivity contribution in [3.8, 4) is 0 Å². The van der Waals surface area contributed by atoms with Crippen molar-refractivity contribution >= 4 is 17.5 Å². The van der Waals surface area contributed by atoms with Gasteiger partial charge in [0.1, 0.15) is 0 Å². The van der Waals surface area contributed by atoms with Gasteiger partial charge in [-0.25, -0.2) is 4.98 Å². The molecule has 0 saturated heterocycles. The Kier molecular flexibility index (Phi) is 4.45. The van der Waals surface area contributed by atoms with Gasteiger partial charge in [-0.05, 0) is 38.5 Å². The van der Waals surface area contributed by atoms with E-state index in [1.165, 1.54) is 0 Å². The second-order valence-corrected chi connectivity index (χ2v) is 5.52. The van der Waals surface area contributed by atoms with Gasteiger partial charge >= 0.3 is 0 Å². The van der Waals surface area contributed by atoms with E-state index in [4.69, 9.17) is 11.6 Å². The van der Waals surface area contributed by atoms with E-state index in [-0.39, 0.29) is 11.6 Å². The molecular weight excluding hydrogens is 274 g/mol. The number of hydrogen-bond donors (Lipinski definition) is 2. The molecule has 20 heavy (non-hydrogen) atoms. The summed E-state index contributed by atoms with van der Waals surface area (Å²) in [4.78, 5) is 19.3. The van der Waals surface area contributed by atoms with Crippen LogP contribution in [0.3, 0.4) is 0 Å². The highest BCUT2D eigenvalue weighted by Gasteiger charge is 2.09. The molecule has 1 aromatic carbocycles. The summed E-state index contributed by atoms with van der Waals surface area (Å²) in [6, 6.07) is 7.70. The van der Waals surface area contributed by atoms with Crippen LogP contribution in [-0.4, -0.2) is 16.0 Å². The second kappa shape index (κ2) is 6.09. The van der Waals surface area contributed by atoms with E-state index in [9.17, 15) is 4.79 Å². The van der Waals surface area contributed by atoms with E-state index in [2.05, 4.69) is 15.3 Å². The zero-order valence-electron chi connectivity index (χ0n) is 11.8. The van der Waals surface area contributed by atoms with Gasteiger partial charge in [0.25, 0.3) is 5.56 Å². The standard InChI is InChI=1S/C15H18ClN3O/c1-9(2)17-15-18-10(3)13(14(20)19-15)8-11-4-6-12(16)7-5-11/h4-7,9H,8H2,1-3H3,(H2,17,18,19,20). The highest BCUT2D eigenvalue weighted by Crippen LogP contribution is 2.13. The molecule has 2 aromatic rings.